The fourth-order valence-electron chi connectivity index (χ4n) is 1.53. The molecule has 0 spiro atoms. The first-order valence-electron chi connectivity index (χ1n) is 5.51. The van der Waals surface area contributed by atoms with Crippen LogP contribution in [0, 0.1) is 0 Å². The van der Waals surface area contributed by atoms with Crippen LogP contribution in [0.5, 0.6) is 11.5 Å². The molecule has 0 amide bonds. The SMILES string of the molecule is CCOc1cccc(OCC)c1[C@@H](O)CN. The van der Waals surface area contributed by atoms with E-state index in [1.54, 1.807) is 12.1 Å². The van der Waals surface area contributed by atoms with Gasteiger partial charge in [-0.1, -0.05) is 6.07 Å². The Balaban J connectivity index is 3.11. The maximum atomic E-state index is 9.86. The number of rotatable bonds is 6. The van der Waals surface area contributed by atoms with Crippen molar-refractivity contribution in [2.45, 2.75) is 20.0 Å². The lowest BCUT2D eigenvalue weighted by Crippen LogP contribution is -2.14. The fraction of sp³-hybridized carbons (Fsp3) is 0.500. The standard InChI is InChI=1S/C12H19NO3/c1-3-15-10-6-5-7-11(16-4-2)12(10)9(14)8-13/h5-7,9,14H,3-4,8,13H2,1-2H3/t9-/m0/s1. The van der Waals surface area contributed by atoms with Crippen molar-refractivity contribution < 1.29 is 14.6 Å². The number of benzene rings is 1. The first kappa shape index (κ1) is 12.8. The van der Waals surface area contributed by atoms with Gasteiger partial charge in [-0.25, -0.2) is 0 Å². The van der Waals surface area contributed by atoms with Gasteiger partial charge in [0, 0.05) is 6.54 Å². The molecule has 0 saturated carbocycles. The highest BCUT2D eigenvalue weighted by molar-refractivity contribution is 5.46. The van der Waals surface area contributed by atoms with E-state index in [4.69, 9.17) is 15.2 Å². The summed E-state index contributed by atoms with van der Waals surface area (Å²) in [6, 6.07) is 5.45. The Kier molecular flexibility index (Phi) is 5.08. The second-order valence-electron chi connectivity index (χ2n) is 3.29. The van der Waals surface area contributed by atoms with Crippen LogP contribution in [0.3, 0.4) is 0 Å². The number of hydrogen-bond acceptors (Lipinski definition) is 4. The van der Waals surface area contributed by atoms with E-state index in [-0.39, 0.29) is 6.54 Å². The van der Waals surface area contributed by atoms with Crippen molar-refractivity contribution in [1.29, 1.82) is 0 Å². The zero-order valence-electron chi connectivity index (χ0n) is 9.77. The van der Waals surface area contributed by atoms with Gasteiger partial charge in [0.05, 0.1) is 24.9 Å². The number of ether oxygens (including phenoxy) is 2. The lowest BCUT2D eigenvalue weighted by molar-refractivity contribution is 0.173. The average molecular weight is 225 g/mol. The molecule has 3 N–H and O–H groups in total. The predicted molar refractivity (Wildman–Crippen MR) is 62.8 cm³/mol. The van der Waals surface area contributed by atoms with Crippen molar-refractivity contribution in [1.82, 2.24) is 0 Å². The molecule has 0 heterocycles. The zero-order valence-corrected chi connectivity index (χ0v) is 9.77. The van der Waals surface area contributed by atoms with Crippen LogP contribution in [-0.2, 0) is 0 Å². The van der Waals surface area contributed by atoms with Crippen LogP contribution in [-0.4, -0.2) is 24.9 Å². The maximum absolute atomic E-state index is 9.86. The second-order valence-corrected chi connectivity index (χ2v) is 3.29. The van der Waals surface area contributed by atoms with Crippen LogP contribution >= 0.6 is 0 Å². The van der Waals surface area contributed by atoms with Gasteiger partial charge in [-0.2, -0.15) is 0 Å². The smallest absolute Gasteiger partial charge is 0.128 e. The molecule has 0 aromatic heterocycles. The largest absolute Gasteiger partial charge is 0.493 e. The summed E-state index contributed by atoms with van der Waals surface area (Å²) in [5.41, 5.74) is 6.11. The first-order chi connectivity index (χ1) is 7.74. The molecule has 0 aliphatic carbocycles. The van der Waals surface area contributed by atoms with E-state index in [1.807, 2.05) is 19.9 Å². The van der Waals surface area contributed by atoms with Gasteiger partial charge in [-0.3, -0.25) is 0 Å². The van der Waals surface area contributed by atoms with Gasteiger partial charge in [0.25, 0.3) is 0 Å². The summed E-state index contributed by atoms with van der Waals surface area (Å²) in [7, 11) is 0. The highest BCUT2D eigenvalue weighted by Gasteiger charge is 2.17. The predicted octanol–water partition coefficient (Wildman–Crippen LogP) is 1.48. The van der Waals surface area contributed by atoms with E-state index in [0.717, 1.165) is 0 Å². The van der Waals surface area contributed by atoms with E-state index in [0.29, 0.717) is 30.3 Å². The lowest BCUT2D eigenvalue weighted by Gasteiger charge is -2.18. The third kappa shape index (κ3) is 2.87. The number of nitrogens with two attached hydrogens (primary N) is 1. The molecule has 1 aromatic rings. The van der Waals surface area contributed by atoms with Crippen molar-refractivity contribution in [2.75, 3.05) is 19.8 Å². The van der Waals surface area contributed by atoms with E-state index >= 15 is 0 Å². The molecule has 4 nitrogen and oxygen atoms in total. The van der Waals surface area contributed by atoms with Crippen molar-refractivity contribution >= 4 is 0 Å². The molecular weight excluding hydrogens is 206 g/mol. The topological polar surface area (TPSA) is 64.7 Å². The van der Waals surface area contributed by atoms with Crippen LogP contribution < -0.4 is 15.2 Å². The van der Waals surface area contributed by atoms with E-state index < -0.39 is 6.10 Å². The molecule has 1 atom stereocenters. The normalized spacial score (nSPS) is 12.2. The first-order valence-corrected chi connectivity index (χ1v) is 5.51. The molecule has 1 rings (SSSR count). The Morgan fingerprint density at radius 2 is 1.69 bits per heavy atom. The lowest BCUT2D eigenvalue weighted by atomic mass is 10.1. The fourth-order valence-corrected chi connectivity index (χ4v) is 1.53. The molecule has 0 saturated heterocycles. The van der Waals surface area contributed by atoms with Gasteiger partial charge in [0.15, 0.2) is 0 Å². The molecule has 0 bridgehead atoms. The summed E-state index contributed by atoms with van der Waals surface area (Å²) in [5, 5.41) is 9.86. The Morgan fingerprint density at radius 3 is 2.06 bits per heavy atom. The third-order valence-electron chi connectivity index (χ3n) is 2.18. The summed E-state index contributed by atoms with van der Waals surface area (Å²) in [6.07, 6.45) is -0.760. The summed E-state index contributed by atoms with van der Waals surface area (Å²) < 4.78 is 10.9. The third-order valence-corrected chi connectivity index (χ3v) is 2.18. The van der Waals surface area contributed by atoms with Gasteiger partial charge in [0.1, 0.15) is 11.5 Å². The van der Waals surface area contributed by atoms with Gasteiger partial charge >= 0.3 is 0 Å². The van der Waals surface area contributed by atoms with Crippen molar-refractivity contribution in [3.63, 3.8) is 0 Å². The van der Waals surface area contributed by atoms with E-state index in [9.17, 15) is 5.11 Å². The molecule has 0 fully saturated rings. The number of hydrogen-bond donors (Lipinski definition) is 2. The molecule has 0 unspecified atom stereocenters. The molecule has 16 heavy (non-hydrogen) atoms. The number of aliphatic hydroxyl groups is 1. The van der Waals surface area contributed by atoms with Crippen LogP contribution in [0.4, 0.5) is 0 Å². The highest BCUT2D eigenvalue weighted by atomic mass is 16.5. The summed E-state index contributed by atoms with van der Waals surface area (Å²) >= 11 is 0. The minimum Gasteiger partial charge on any atom is -0.493 e. The van der Waals surface area contributed by atoms with Crippen LogP contribution in [0.1, 0.15) is 25.5 Å². The van der Waals surface area contributed by atoms with Crippen LogP contribution in [0.15, 0.2) is 18.2 Å². The monoisotopic (exact) mass is 225 g/mol. The Bertz CT molecular complexity index is 304. The zero-order chi connectivity index (χ0) is 12.0. The van der Waals surface area contributed by atoms with Crippen LogP contribution in [0.25, 0.3) is 0 Å². The highest BCUT2D eigenvalue weighted by Crippen LogP contribution is 2.33. The maximum Gasteiger partial charge on any atom is 0.128 e. The molecule has 0 aliphatic heterocycles. The summed E-state index contributed by atoms with van der Waals surface area (Å²) in [6.45, 7) is 5.02. The molecule has 0 aliphatic rings. The molecule has 0 radical (unpaired) electrons. The summed E-state index contributed by atoms with van der Waals surface area (Å²) in [4.78, 5) is 0. The minimum atomic E-state index is -0.760. The minimum absolute atomic E-state index is 0.143. The Morgan fingerprint density at radius 1 is 1.19 bits per heavy atom. The second kappa shape index (κ2) is 6.35. The van der Waals surface area contributed by atoms with Crippen molar-refractivity contribution in [3.8, 4) is 11.5 Å². The van der Waals surface area contributed by atoms with Crippen molar-refractivity contribution in [2.24, 2.45) is 5.73 Å². The number of aliphatic hydroxyl groups excluding tert-OH is 1. The molecular formula is C12H19NO3. The Labute approximate surface area is 96.0 Å². The van der Waals surface area contributed by atoms with Crippen LogP contribution in [0.2, 0.25) is 0 Å². The van der Waals surface area contributed by atoms with E-state index in [2.05, 4.69) is 0 Å². The Hall–Kier alpha value is -1.26. The van der Waals surface area contributed by atoms with Gasteiger partial charge in [-0.05, 0) is 26.0 Å². The van der Waals surface area contributed by atoms with Gasteiger partial charge < -0.3 is 20.3 Å². The molecule has 1 aromatic carbocycles. The van der Waals surface area contributed by atoms with Gasteiger partial charge in [0.2, 0.25) is 0 Å². The van der Waals surface area contributed by atoms with E-state index in [1.165, 1.54) is 0 Å². The summed E-state index contributed by atoms with van der Waals surface area (Å²) in [5.74, 6) is 1.26. The molecule has 4 heteroatoms. The average Bonchev–Trinajstić information content (AvgIpc) is 2.29. The molecule has 90 valence electrons. The van der Waals surface area contributed by atoms with Crippen molar-refractivity contribution in [3.05, 3.63) is 23.8 Å². The quantitative estimate of drug-likeness (QED) is 0.769. The van der Waals surface area contributed by atoms with Gasteiger partial charge in [-0.15, -0.1) is 0 Å².